The molecule has 2 heterocycles. The Morgan fingerprint density at radius 3 is 1.04 bits per heavy atom. The molecule has 0 amide bonds. The van der Waals surface area contributed by atoms with Crippen LogP contribution in [0.5, 0.6) is 23.0 Å². The SMILES string of the molecule is NN.Nc1ccc2c(c1)OCCOCCOCCOCCOCCO2.O.O=[N+]([O-])c1ccc2c(c1)OCCOCCOCCOCCOCCO2. The lowest BCUT2D eigenvalue weighted by Crippen LogP contribution is -2.16. The highest BCUT2D eigenvalue weighted by Crippen LogP contribution is 2.31. The summed E-state index contributed by atoms with van der Waals surface area (Å²) >= 11 is 0. The van der Waals surface area contributed by atoms with E-state index < -0.39 is 4.92 Å². The lowest BCUT2D eigenvalue weighted by atomic mass is 10.3. The van der Waals surface area contributed by atoms with Crippen molar-refractivity contribution >= 4 is 11.4 Å². The second-order valence-corrected chi connectivity index (χ2v) is 9.89. The Balaban J connectivity index is 0.000000479. The van der Waals surface area contributed by atoms with E-state index in [4.69, 9.17) is 62.6 Å². The maximum absolute atomic E-state index is 10.9. The number of fused-ring (bicyclic) bond motifs is 2. The summed E-state index contributed by atoms with van der Waals surface area (Å²) in [5.74, 6) is 9.98. The number of nitrogen functional groups attached to an aromatic ring is 1. The molecule has 0 saturated carbocycles. The molecular weight excluding hydrogens is 680 g/mol. The minimum absolute atomic E-state index is 0. The molecule has 0 saturated heterocycles. The fraction of sp³-hybridized carbons (Fsp3) is 0.625. The van der Waals surface area contributed by atoms with Crippen LogP contribution in [0.1, 0.15) is 0 Å². The minimum atomic E-state index is -0.480. The number of hydrazine groups is 1. The van der Waals surface area contributed by atoms with E-state index in [1.54, 1.807) is 18.2 Å². The van der Waals surface area contributed by atoms with Crippen LogP contribution in [-0.4, -0.2) is 143 Å². The van der Waals surface area contributed by atoms with Crippen LogP contribution < -0.4 is 36.4 Å². The van der Waals surface area contributed by atoms with Gasteiger partial charge < -0.3 is 68.1 Å². The second-order valence-electron chi connectivity index (χ2n) is 9.89. The summed E-state index contributed by atoms with van der Waals surface area (Å²) in [6.45, 7) is 9.12. The monoisotopic (exact) mass is 734 g/mol. The highest BCUT2D eigenvalue weighted by molar-refractivity contribution is 5.52. The van der Waals surface area contributed by atoms with E-state index in [1.165, 1.54) is 18.2 Å². The predicted octanol–water partition coefficient (Wildman–Crippen LogP) is 0.533. The van der Waals surface area contributed by atoms with Crippen LogP contribution in [0, 0.1) is 10.1 Å². The van der Waals surface area contributed by atoms with Crippen LogP contribution in [0.4, 0.5) is 11.4 Å². The molecule has 8 N–H and O–H groups in total. The molecular formula is C32H54N4O15. The zero-order valence-electron chi connectivity index (χ0n) is 29.0. The van der Waals surface area contributed by atoms with Crippen molar-refractivity contribution in [1.29, 1.82) is 0 Å². The van der Waals surface area contributed by atoms with Gasteiger partial charge in [-0.3, -0.25) is 21.8 Å². The lowest BCUT2D eigenvalue weighted by Gasteiger charge is -2.14. The van der Waals surface area contributed by atoms with Gasteiger partial charge in [-0.25, -0.2) is 0 Å². The zero-order chi connectivity index (χ0) is 35.9. The quantitative estimate of drug-likeness (QED) is 0.156. The van der Waals surface area contributed by atoms with E-state index in [0.29, 0.717) is 154 Å². The van der Waals surface area contributed by atoms with Crippen molar-refractivity contribution in [3.05, 3.63) is 46.5 Å². The molecule has 0 bridgehead atoms. The van der Waals surface area contributed by atoms with Crippen molar-refractivity contribution in [1.82, 2.24) is 0 Å². The van der Waals surface area contributed by atoms with Crippen molar-refractivity contribution in [3.8, 4) is 23.0 Å². The number of hydrogen-bond acceptors (Lipinski definition) is 17. The van der Waals surface area contributed by atoms with Crippen molar-refractivity contribution in [2.45, 2.75) is 0 Å². The van der Waals surface area contributed by atoms with Gasteiger partial charge >= 0.3 is 0 Å². The summed E-state index contributed by atoms with van der Waals surface area (Å²) in [5, 5.41) is 10.9. The standard InChI is InChI=1S/C16H23NO8.C16H25NO6.H4N2.H2O/c18-17(19)14-1-2-15-16(13-14)25-12-10-23-8-6-21-4-3-20-5-7-22-9-11-24-15;17-14-1-2-15-16(13-14)23-12-10-21-8-6-19-4-3-18-5-7-20-9-11-22-15;1-2;/h1-2,13H,3-12H2;1-2,13H,3-12,17H2;1-2H2;1H2. The Morgan fingerprint density at radius 2 is 0.706 bits per heavy atom. The number of nitro benzene ring substituents is 1. The van der Waals surface area contributed by atoms with E-state index in [1.807, 2.05) is 0 Å². The summed E-state index contributed by atoms with van der Waals surface area (Å²) in [4.78, 5) is 10.4. The van der Waals surface area contributed by atoms with Crippen LogP contribution in [0.3, 0.4) is 0 Å². The van der Waals surface area contributed by atoms with Gasteiger partial charge in [0.1, 0.15) is 26.4 Å². The molecule has 2 aromatic rings. The van der Waals surface area contributed by atoms with Gasteiger partial charge in [0.15, 0.2) is 23.0 Å². The smallest absolute Gasteiger partial charge is 0.273 e. The van der Waals surface area contributed by atoms with Gasteiger partial charge in [0.2, 0.25) is 0 Å². The molecule has 2 aliphatic rings. The van der Waals surface area contributed by atoms with Gasteiger partial charge in [-0.2, -0.15) is 0 Å². The number of benzene rings is 2. The molecule has 0 fully saturated rings. The number of nitrogens with zero attached hydrogens (tertiary/aromatic N) is 1. The number of ether oxygens (including phenoxy) is 12. The molecule has 292 valence electrons. The maximum Gasteiger partial charge on any atom is 0.273 e. The average molecular weight is 735 g/mol. The van der Waals surface area contributed by atoms with Crippen LogP contribution in [0.2, 0.25) is 0 Å². The van der Waals surface area contributed by atoms with Crippen LogP contribution >= 0.6 is 0 Å². The fourth-order valence-electron chi connectivity index (χ4n) is 3.96. The maximum atomic E-state index is 10.9. The number of nitrogens with two attached hydrogens (primary N) is 3. The molecule has 0 aliphatic carbocycles. The predicted molar refractivity (Wildman–Crippen MR) is 184 cm³/mol. The summed E-state index contributed by atoms with van der Waals surface area (Å²) < 4.78 is 65.7. The highest BCUT2D eigenvalue weighted by atomic mass is 16.6. The van der Waals surface area contributed by atoms with Gasteiger partial charge in [0, 0.05) is 17.8 Å². The van der Waals surface area contributed by atoms with E-state index in [0.717, 1.165) is 0 Å². The Kier molecular flexibility index (Phi) is 27.8. The first-order valence-corrected chi connectivity index (χ1v) is 16.3. The van der Waals surface area contributed by atoms with E-state index in [9.17, 15) is 10.1 Å². The first-order chi connectivity index (χ1) is 24.6. The van der Waals surface area contributed by atoms with E-state index in [-0.39, 0.29) is 17.8 Å². The summed E-state index contributed by atoms with van der Waals surface area (Å²) in [7, 11) is 0. The highest BCUT2D eigenvalue weighted by Gasteiger charge is 2.13. The third-order valence-electron chi connectivity index (χ3n) is 6.28. The largest absolute Gasteiger partial charge is 0.487 e. The molecule has 2 aliphatic heterocycles. The second kappa shape index (κ2) is 31.2. The van der Waals surface area contributed by atoms with Crippen LogP contribution in [0.15, 0.2) is 36.4 Å². The summed E-state index contributed by atoms with van der Waals surface area (Å²) in [5.41, 5.74) is 6.35. The first-order valence-electron chi connectivity index (χ1n) is 16.3. The van der Waals surface area contributed by atoms with Crippen molar-refractivity contribution in [3.63, 3.8) is 0 Å². The zero-order valence-corrected chi connectivity index (χ0v) is 29.0. The molecule has 0 radical (unpaired) electrons. The van der Waals surface area contributed by atoms with E-state index >= 15 is 0 Å². The Morgan fingerprint density at radius 1 is 0.431 bits per heavy atom. The molecule has 2 aromatic carbocycles. The minimum Gasteiger partial charge on any atom is -0.487 e. The third kappa shape index (κ3) is 22.1. The Bertz CT molecular complexity index is 1150. The van der Waals surface area contributed by atoms with Crippen LogP contribution in [-0.2, 0) is 37.9 Å². The molecule has 0 aromatic heterocycles. The van der Waals surface area contributed by atoms with Gasteiger partial charge in [-0.15, -0.1) is 0 Å². The first kappa shape index (κ1) is 45.4. The molecule has 0 spiro atoms. The number of non-ortho nitro benzene ring substituents is 1. The third-order valence-corrected chi connectivity index (χ3v) is 6.28. The normalized spacial score (nSPS) is 18.1. The number of nitro groups is 1. The van der Waals surface area contributed by atoms with Gasteiger partial charge in [0.05, 0.1) is 117 Å². The fourth-order valence-corrected chi connectivity index (χ4v) is 3.96. The lowest BCUT2D eigenvalue weighted by molar-refractivity contribution is -0.385. The van der Waals surface area contributed by atoms with E-state index in [2.05, 4.69) is 11.7 Å². The summed E-state index contributed by atoms with van der Waals surface area (Å²) in [6, 6.07) is 9.54. The average Bonchev–Trinajstić information content (AvgIpc) is 3.12. The molecule has 19 nitrogen and oxygen atoms in total. The van der Waals surface area contributed by atoms with Gasteiger partial charge in [-0.1, -0.05) is 0 Å². The van der Waals surface area contributed by atoms with Crippen molar-refractivity contribution in [2.24, 2.45) is 11.7 Å². The van der Waals surface area contributed by atoms with Crippen molar-refractivity contribution < 1.29 is 67.2 Å². The molecule has 0 unspecified atom stereocenters. The number of hydrogen-bond donors (Lipinski definition) is 3. The topological polar surface area (TPSA) is 263 Å². The Labute approximate surface area is 297 Å². The number of rotatable bonds is 1. The van der Waals surface area contributed by atoms with Gasteiger partial charge in [0.25, 0.3) is 5.69 Å². The van der Waals surface area contributed by atoms with Gasteiger partial charge in [-0.05, 0) is 18.2 Å². The summed E-state index contributed by atoms with van der Waals surface area (Å²) in [6.07, 6.45) is 0. The molecule has 19 heteroatoms. The molecule has 51 heavy (non-hydrogen) atoms. The molecule has 0 atom stereocenters. The number of anilines is 1. The van der Waals surface area contributed by atoms with Crippen LogP contribution in [0.25, 0.3) is 0 Å². The van der Waals surface area contributed by atoms with Crippen molar-refractivity contribution in [2.75, 3.05) is 138 Å². The molecule has 4 rings (SSSR count). The Hall–Kier alpha value is -3.60.